The number of aliphatic hydroxyl groups excluding tert-OH is 1. The van der Waals surface area contributed by atoms with Crippen LogP contribution in [0.3, 0.4) is 0 Å². The van der Waals surface area contributed by atoms with Gasteiger partial charge in [-0.25, -0.2) is 4.98 Å². The van der Waals surface area contributed by atoms with E-state index in [1.54, 1.807) is 36.7 Å². The summed E-state index contributed by atoms with van der Waals surface area (Å²) in [4.78, 5) is 7.99. The number of rotatable bonds is 4. The van der Waals surface area contributed by atoms with Crippen molar-refractivity contribution in [3.63, 3.8) is 0 Å². The first-order chi connectivity index (χ1) is 10.6. The predicted molar refractivity (Wildman–Crippen MR) is 78.2 cm³/mol. The van der Waals surface area contributed by atoms with Crippen LogP contribution in [-0.2, 0) is 16.6 Å². The van der Waals surface area contributed by atoms with Gasteiger partial charge in [-0.05, 0) is 29.8 Å². The molecule has 0 saturated carbocycles. The van der Waals surface area contributed by atoms with E-state index in [1.807, 2.05) is 0 Å². The first-order valence-corrected chi connectivity index (χ1v) is 7.83. The number of hydrogen-bond acceptors (Lipinski definition) is 6. The van der Waals surface area contributed by atoms with Crippen molar-refractivity contribution in [2.75, 3.05) is 0 Å². The molecular weight excluding hydrogens is 304 g/mol. The Morgan fingerprint density at radius 1 is 1.05 bits per heavy atom. The van der Waals surface area contributed by atoms with E-state index in [-0.39, 0.29) is 11.5 Å². The van der Waals surface area contributed by atoms with Crippen molar-refractivity contribution < 1.29 is 13.5 Å². The van der Waals surface area contributed by atoms with Crippen molar-refractivity contribution in [1.82, 2.24) is 19.2 Å². The van der Waals surface area contributed by atoms with Crippen LogP contribution in [0, 0.1) is 0 Å². The summed E-state index contributed by atoms with van der Waals surface area (Å²) < 4.78 is 25.8. The first-order valence-electron chi connectivity index (χ1n) is 6.39. The van der Waals surface area contributed by atoms with Gasteiger partial charge in [0.1, 0.15) is 6.33 Å². The first kappa shape index (κ1) is 14.4. The fourth-order valence-corrected chi connectivity index (χ4v) is 2.93. The number of aromatic nitrogens is 4. The third kappa shape index (κ3) is 2.61. The molecule has 112 valence electrons. The monoisotopic (exact) mass is 316 g/mol. The Labute approximate surface area is 127 Å². The van der Waals surface area contributed by atoms with E-state index in [1.165, 1.54) is 12.1 Å². The molecule has 8 heteroatoms. The summed E-state index contributed by atoms with van der Waals surface area (Å²) in [5.41, 5.74) is 1.31. The predicted octanol–water partition coefficient (Wildman–Crippen LogP) is 1.07. The van der Waals surface area contributed by atoms with Crippen molar-refractivity contribution >= 4 is 10.0 Å². The minimum atomic E-state index is -3.81. The Hall–Kier alpha value is -2.58. The molecule has 0 radical (unpaired) electrons. The van der Waals surface area contributed by atoms with E-state index < -0.39 is 10.0 Å². The lowest BCUT2D eigenvalue weighted by molar-refractivity contribution is 0.282. The van der Waals surface area contributed by atoms with Gasteiger partial charge in [-0.15, -0.1) is 9.19 Å². The Morgan fingerprint density at radius 2 is 1.73 bits per heavy atom. The van der Waals surface area contributed by atoms with Crippen LogP contribution in [0.4, 0.5) is 0 Å². The van der Waals surface area contributed by atoms with Gasteiger partial charge in [0, 0.05) is 18.0 Å². The van der Waals surface area contributed by atoms with Gasteiger partial charge >= 0.3 is 0 Å². The Bertz CT molecular complexity index is 874. The molecule has 1 N–H and O–H groups in total. The highest BCUT2D eigenvalue weighted by Crippen LogP contribution is 2.17. The molecule has 1 aromatic carbocycles. The van der Waals surface area contributed by atoms with Gasteiger partial charge in [-0.3, -0.25) is 4.98 Å². The average Bonchev–Trinajstić information content (AvgIpc) is 3.06. The molecule has 0 aliphatic rings. The summed E-state index contributed by atoms with van der Waals surface area (Å²) in [5, 5.41) is 13.0. The van der Waals surface area contributed by atoms with Gasteiger partial charge in [-0.1, -0.05) is 12.1 Å². The Kier molecular flexibility index (Phi) is 3.70. The minimum Gasteiger partial charge on any atom is -0.392 e. The van der Waals surface area contributed by atoms with Crippen LogP contribution in [0.15, 0.2) is 60.0 Å². The molecule has 3 aromatic rings. The number of aliphatic hydroxyl groups is 1. The molecule has 22 heavy (non-hydrogen) atoms. The molecule has 0 amide bonds. The second-order valence-electron chi connectivity index (χ2n) is 4.48. The van der Waals surface area contributed by atoms with E-state index in [4.69, 9.17) is 5.11 Å². The number of pyridine rings is 1. The average molecular weight is 316 g/mol. The summed E-state index contributed by atoms with van der Waals surface area (Å²) in [6, 6.07) is 9.34. The molecule has 0 atom stereocenters. The lowest BCUT2D eigenvalue weighted by Gasteiger charge is -2.04. The molecule has 0 spiro atoms. The summed E-state index contributed by atoms with van der Waals surface area (Å²) in [6.45, 7) is -0.143. The third-order valence-electron chi connectivity index (χ3n) is 3.06. The third-order valence-corrected chi connectivity index (χ3v) is 4.60. The van der Waals surface area contributed by atoms with Gasteiger partial charge < -0.3 is 5.11 Å². The minimum absolute atomic E-state index is 0.0795. The van der Waals surface area contributed by atoms with Crippen LogP contribution >= 0.6 is 0 Å². The zero-order chi connectivity index (χ0) is 15.6. The molecule has 3 rings (SSSR count). The van der Waals surface area contributed by atoms with E-state index in [0.717, 1.165) is 10.4 Å². The highest BCUT2D eigenvalue weighted by Gasteiger charge is 2.19. The van der Waals surface area contributed by atoms with E-state index >= 15 is 0 Å². The second kappa shape index (κ2) is 5.66. The fourth-order valence-electron chi connectivity index (χ4n) is 1.87. The SMILES string of the molecule is O=S(=O)(c1ccc(CO)cc1)n1cnc(-c2ccncc2)n1. The van der Waals surface area contributed by atoms with Gasteiger partial charge in [0.05, 0.1) is 11.5 Å². The highest BCUT2D eigenvalue weighted by molar-refractivity contribution is 7.89. The molecule has 0 fully saturated rings. The fraction of sp³-hybridized carbons (Fsp3) is 0.0714. The summed E-state index contributed by atoms with van der Waals surface area (Å²) in [5.74, 6) is 0.304. The molecule has 0 aliphatic carbocycles. The second-order valence-corrected chi connectivity index (χ2v) is 6.28. The quantitative estimate of drug-likeness (QED) is 0.773. The van der Waals surface area contributed by atoms with Gasteiger partial charge in [0.25, 0.3) is 10.0 Å². The molecule has 0 bridgehead atoms. The summed E-state index contributed by atoms with van der Waals surface area (Å²) in [7, 11) is -3.81. The lowest BCUT2D eigenvalue weighted by atomic mass is 10.2. The normalized spacial score (nSPS) is 11.5. The molecule has 2 heterocycles. The largest absolute Gasteiger partial charge is 0.392 e. The molecule has 7 nitrogen and oxygen atoms in total. The van der Waals surface area contributed by atoms with Crippen LogP contribution in [0.1, 0.15) is 5.56 Å². The van der Waals surface area contributed by atoms with Crippen LogP contribution in [0.5, 0.6) is 0 Å². The smallest absolute Gasteiger partial charge is 0.284 e. The van der Waals surface area contributed by atoms with Crippen LogP contribution in [0.2, 0.25) is 0 Å². The number of benzene rings is 1. The lowest BCUT2D eigenvalue weighted by Crippen LogP contribution is -2.13. The molecule has 0 aliphatic heterocycles. The van der Waals surface area contributed by atoms with E-state index in [2.05, 4.69) is 15.1 Å². The van der Waals surface area contributed by atoms with Crippen molar-refractivity contribution in [3.8, 4) is 11.4 Å². The molecule has 0 saturated heterocycles. The maximum Gasteiger partial charge on any atom is 0.284 e. The van der Waals surface area contributed by atoms with Crippen molar-refractivity contribution in [2.45, 2.75) is 11.5 Å². The van der Waals surface area contributed by atoms with Gasteiger partial charge in [-0.2, -0.15) is 8.42 Å². The van der Waals surface area contributed by atoms with Crippen LogP contribution in [0.25, 0.3) is 11.4 Å². The van der Waals surface area contributed by atoms with Crippen molar-refractivity contribution in [1.29, 1.82) is 0 Å². The summed E-state index contributed by atoms with van der Waals surface area (Å²) in [6.07, 6.45) is 4.32. The Morgan fingerprint density at radius 3 is 2.36 bits per heavy atom. The zero-order valence-corrected chi connectivity index (χ0v) is 12.2. The standard InChI is InChI=1S/C14H12N4O3S/c19-9-11-1-3-13(4-2-11)22(20,21)18-10-16-14(17-18)12-5-7-15-8-6-12/h1-8,10,19H,9H2. The Balaban J connectivity index is 1.97. The van der Waals surface area contributed by atoms with Crippen LogP contribution in [-0.4, -0.2) is 32.7 Å². The molecule has 2 aromatic heterocycles. The number of nitrogens with zero attached hydrogens (tertiary/aromatic N) is 4. The van der Waals surface area contributed by atoms with Crippen molar-refractivity contribution in [3.05, 3.63) is 60.7 Å². The molecular formula is C14H12N4O3S. The van der Waals surface area contributed by atoms with Crippen LogP contribution < -0.4 is 0 Å². The van der Waals surface area contributed by atoms with E-state index in [0.29, 0.717) is 17.0 Å². The van der Waals surface area contributed by atoms with Gasteiger partial charge in [0.15, 0.2) is 5.82 Å². The highest BCUT2D eigenvalue weighted by atomic mass is 32.2. The number of hydrogen-bond donors (Lipinski definition) is 1. The molecule has 0 unspecified atom stereocenters. The van der Waals surface area contributed by atoms with E-state index in [9.17, 15) is 8.42 Å². The summed E-state index contributed by atoms with van der Waals surface area (Å²) >= 11 is 0. The maximum atomic E-state index is 12.5. The van der Waals surface area contributed by atoms with Gasteiger partial charge in [0.2, 0.25) is 0 Å². The maximum absolute atomic E-state index is 12.5. The zero-order valence-electron chi connectivity index (χ0n) is 11.4. The topological polar surface area (TPSA) is 98.0 Å². The van der Waals surface area contributed by atoms with Crippen molar-refractivity contribution in [2.24, 2.45) is 0 Å².